The van der Waals surface area contributed by atoms with Gasteiger partial charge in [0.1, 0.15) is 12.1 Å². The van der Waals surface area contributed by atoms with E-state index in [0.29, 0.717) is 17.4 Å². The molecule has 72 valence electrons. The van der Waals surface area contributed by atoms with Gasteiger partial charge in [-0.2, -0.15) is 0 Å². The van der Waals surface area contributed by atoms with Crippen LogP contribution < -0.4 is 0 Å². The van der Waals surface area contributed by atoms with E-state index in [1.54, 1.807) is 0 Å². The first-order valence-corrected chi connectivity index (χ1v) is 4.07. The summed E-state index contributed by atoms with van der Waals surface area (Å²) in [6.45, 7) is 1.39. The predicted octanol–water partition coefficient (Wildman–Crippen LogP) is 2.24. The molecular weight excluding hydrogens is 183 g/mol. The highest BCUT2D eigenvalue weighted by Crippen LogP contribution is 2.13. The Kier molecular flexibility index (Phi) is 3.29. The Labute approximate surface area is 81.1 Å². The maximum Gasteiger partial charge on any atom is 0.160 e. The molecule has 0 amide bonds. The van der Waals surface area contributed by atoms with Crippen LogP contribution in [0.1, 0.15) is 22.8 Å². The van der Waals surface area contributed by atoms with Crippen LogP contribution in [0.15, 0.2) is 24.3 Å². The molecule has 14 heavy (non-hydrogen) atoms. The van der Waals surface area contributed by atoms with Crippen LogP contribution in [0, 0.1) is 5.82 Å². The van der Waals surface area contributed by atoms with Crippen LogP contribution in [0.25, 0.3) is 6.08 Å². The van der Waals surface area contributed by atoms with Crippen LogP contribution in [0.4, 0.5) is 4.39 Å². The van der Waals surface area contributed by atoms with E-state index in [1.165, 1.54) is 37.3 Å². The number of benzene rings is 1. The lowest BCUT2D eigenvalue weighted by Gasteiger charge is -2.01. The van der Waals surface area contributed by atoms with E-state index in [4.69, 9.17) is 0 Å². The van der Waals surface area contributed by atoms with E-state index in [1.807, 2.05) is 0 Å². The van der Waals surface area contributed by atoms with Crippen LogP contribution in [0.3, 0.4) is 0 Å². The summed E-state index contributed by atoms with van der Waals surface area (Å²) >= 11 is 0. The van der Waals surface area contributed by atoms with E-state index in [2.05, 4.69) is 0 Å². The lowest BCUT2D eigenvalue weighted by atomic mass is 10.0. The second kappa shape index (κ2) is 4.46. The average molecular weight is 192 g/mol. The maximum atomic E-state index is 12.8. The van der Waals surface area contributed by atoms with Gasteiger partial charge in [0.25, 0.3) is 0 Å². The van der Waals surface area contributed by atoms with Crippen molar-refractivity contribution >= 4 is 18.1 Å². The SMILES string of the molecule is CC(=O)c1ccc(F)cc1C=CC=O. The Morgan fingerprint density at radius 1 is 1.43 bits per heavy atom. The monoisotopic (exact) mass is 192 g/mol. The van der Waals surface area contributed by atoms with Gasteiger partial charge in [-0.3, -0.25) is 9.59 Å². The van der Waals surface area contributed by atoms with Gasteiger partial charge in [0.15, 0.2) is 5.78 Å². The summed E-state index contributed by atoms with van der Waals surface area (Å²) < 4.78 is 12.8. The third kappa shape index (κ3) is 2.36. The minimum atomic E-state index is -0.430. The molecule has 0 heterocycles. The van der Waals surface area contributed by atoms with Crippen molar-refractivity contribution in [3.63, 3.8) is 0 Å². The van der Waals surface area contributed by atoms with Crippen molar-refractivity contribution in [2.75, 3.05) is 0 Å². The third-order valence-corrected chi connectivity index (χ3v) is 1.75. The molecule has 2 nitrogen and oxygen atoms in total. The van der Waals surface area contributed by atoms with Gasteiger partial charge in [0, 0.05) is 5.56 Å². The van der Waals surface area contributed by atoms with E-state index in [9.17, 15) is 14.0 Å². The molecule has 3 heteroatoms. The molecule has 1 rings (SSSR count). The van der Waals surface area contributed by atoms with Crippen LogP contribution in [-0.2, 0) is 4.79 Å². The molecule has 0 aliphatic rings. The molecule has 1 aromatic rings. The number of carbonyl (C=O) groups is 2. The molecule has 0 N–H and O–H groups in total. The van der Waals surface area contributed by atoms with E-state index in [0.717, 1.165) is 0 Å². The Morgan fingerprint density at radius 3 is 2.71 bits per heavy atom. The van der Waals surface area contributed by atoms with Crippen LogP contribution in [0.5, 0.6) is 0 Å². The van der Waals surface area contributed by atoms with Crippen LogP contribution in [-0.4, -0.2) is 12.1 Å². The zero-order chi connectivity index (χ0) is 10.6. The Balaban J connectivity index is 3.22. The standard InChI is InChI=1S/C11H9FO2/c1-8(14)11-5-4-10(12)7-9(11)3-2-6-13/h2-7H,1H3. The number of rotatable bonds is 3. The fraction of sp³-hybridized carbons (Fsp3) is 0.0909. The van der Waals surface area contributed by atoms with Gasteiger partial charge in [0.2, 0.25) is 0 Å². The minimum Gasteiger partial charge on any atom is -0.299 e. The fourth-order valence-corrected chi connectivity index (χ4v) is 1.14. The Hall–Kier alpha value is -1.77. The van der Waals surface area contributed by atoms with E-state index in [-0.39, 0.29) is 5.78 Å². The summed E-state index contributed by atoms with van der Waals surface area (Å²) in [4.78, 5) is 21.2. The molecule has 0 aliphatic heterocycles. The summed E-state index contributed by atoms with van der Waals surface area (Å²) in [6.07, 6.45) is 3.21. The molecular formula is C11H9FO2. The summed E-state index contributed by atoms with van der Waals surface area (Å²) in [7, 11) is 0. The topological polar surface area (TPSA) is 34.1 Å². The van der Waals surface area contributed by atoms with Crippen molar-refractivity contribution in [3.8, 4) is 0 Å². The number of Topliss-reactive ketones (excluding diaryl/α,β-unsaturated/α-hetero) is 1. The molecule has 0 atom stereocenters. The fourth-order valence-electron chi connectivity index (χ4n) is 1.14. The van der Waals surface area contributed by atoms with Gasteiger partial charge in [-0.25, -0.2) is 4.39 Å². The first kappa shape index (κ1) is 10.3. The lowest BCUT2D eigenvalue weighted by molar-refractivity contribution is -0.104. The number of halogens is 1. The summed E-state index contributed by atoms with van der Waals surface area (Å²) in [5, 5.41) is 0. The van der Waals surface area contributed by atoms with Crippen molar-refractivity contribution in [1.82, 2.24) is 0 Å². The number of ketones is 1. The highest BCUT2D eigenvalue weighted by molar-refractivity contribution is 5.98. The third-order valence-electron chi connectivity index (χ3n) is 1.75. The zero-order valence-corrected chi connectivity index (χ0v) is 7.66. The van der Waals surface area contributed by atoms with Gasteiger partial charge in [-0.1, -0.05) is 6.08 Å². The summed E-state index contributed by atoms with van der Waals surface area (Å²) in [5.41, 5.74) is 0.828. The molecule has 1 aromatic carbocycles. The van der Waals surface area contributed by atoms with Crippen LogP contribution >= 0.6 is 0 Å². The molecule has 0 unspecified atom stereocenters. The molecule has 0 saturated carbocycles. The molecule has 0 radical (unpaired) electrons. The highest BCUT2D eigenvalue weighted by atomic mass is 19.1. The molecule has 0 bridgehead atoms. The average Bonchev–Trinajstić information content (AvgIpc) is 2.14. The van der Waals surface area contributed by atoms with Crippen molar-refractivity contribution in [3.05, 3.63) is 41.2 Å². The number of aldehydes is 1. The second-order valence-electron chi connectivity index (χ2n) is 2.78. The largest absolute Gasteiger partial charge is 0.299 e. The minimum absolute atomic E-state index is 0.157. The van der Waals surface area contributed by atoms with Crippen LogP contribution in [0.2, 0.25) is 0 Å². The highest BCUT2D eigenvalue weighted by Gasteiger charge is 2.05. The summed E-state index contributed by atoms with van der Waals surface area (Å²) in [6, 6.07) is 3.84. The quantitative estimate of drug-likeness (QED) is 0.418. The van der Waals surface area contributed by atoms with Crippen molar-refractivity contribution in [2.45, 2.75) is 6.92 Å². The second-order valence-corrected chi connectivity index (χ2v) is 2.78. The number of allylic oxidation sites excluding steroid dienone is 1. The van der Waals surface area contributed by atoms with Crippen molar-refractivity contribution in [1.29, 1.82) is 0 Å². The van der Waals surface area contributed by atoms with E-state index >= 15 is 0 Å². The summed E-state index contributed by atoms with van der Waals surface area (Å²) in [5.74, 6) is -0.587. The van der Waals surface area contributed by atoms with Crippen molar-refractivity contribution < 1.29 is 14.0 Å². The number of carbonyl (C=O) groups excluding carboxylic acids is 2. The zero-order valence-electron chi connectivity index (χ0n) is 7.66. The van der Waals surface area contributed by atoms with Gasteiger partial charge in [0.05, 0.1) is 0 Å². The van der Waals surface area contributed by atoms with Gasteiger partial charge < -0.3 is 0 Å². The molecule has 0 aromatic heterocycles. The molecule has 0 saturated heterocycles. The van der Waals surface area contributed by atoms with E-state index < -0.39 is 5.82 Å². The smallest absolute Gasteiger partial charge is 0.160 e. The number of hydrogen-bond acceptors (Lipinski definition) is 2. The number of hydrogen-bond donors (Lipinski definition) is 0. The van der Waals surface area contributed by atoms with Crippen molar-refractivity contribution in [2.24, 2.45) is 0 Å². The van der Waals surface area contributed by atoms with Gasteiger partial charge in [-0.15, -0.1) is 0 Å². The Bertz CT molecular complexity index is 394. The Morgan fingerprint density at radius 2 is 2.14 bits per heavy atom. The predicted molar refractivity (Wildman–Crippen MR) is 51.5 cm³/mol. The first-order chi connectivity index (χ1) is 6.65. The maximum absolute atomic E-state index is 12.8. The molecule has 0 aliphatic carbocycles. The normalized spacial score (nSPS) is 10.4. The molecule has 0 fully saturated rings. The molecule has 0 spiro atoms. The first-order valence-electron chi connectivity index (χ1n) is 4.07. The van der Waals surface area contributed by atoms with Gasteiger partial charge >= 0.3 is 0 Å². The van der Waals surface area contributed by atoms with Gasteiger partial charge in [-0.05, 0) is 36.8 Å². The lowest BCUT2D eigenvalue weighted by Crippen LogP contribution is -1.96.